The second-order valence-corrected chi connectivity index (χ2v) is 7.77. The molecule has 1 amide bonds. The Morgan fingerprint density at radius 1 is 1.32 bits per heavy atom. The van der Waals surface area contributed by atoms with E-state index in [0.29, 0.717) is 35.1 Å². The lowest BCUT2D eigenvalue weighted by Crippen LogP contribution is -2.23. The third-order valence-corrected chi connectivity index (χ3v) is 6.09. The van der Waals surface area contributed by atoms with Gasteiger partial charge in [-0.1, -0.05) is 29.9 Å². The number of hydrogen-bond acceptors (Lipinski definition) is 6. The van der Waals surface area contributed by atoms with Crippen LogP contribution in [-0.4, -0.2) is 29.8 Å². The summed E-state index contributed by atoms with van der Waals surface area (Å²) >= 11 is 1.41. The van der Waals surface area contributed by atoms with E-state index in [1.807, 2.05) is 24.3 Å². The number of nitrogens with zero attached hydrogens (tertiary/aromatic N) is 2. The van der Waals surface area contributed by atoms with Gasteiger partial charge in [0.05, 0.1) is 13.7 Å². The molecule has 6 nitrogen and oxygen atoms in total. The van der Waals surface area contributed by atoms with Gasteiger partial charge >= 0.3 is 0 Å². The van der Waals surface area contributed by atoms with E-state index in [-0.39, 0.29) is 11.8 Å². The van der Waals surface area contributed by atoms with E-state index in [1.54, 1.807) is 7.11 Å². The predicted octanol–water partition coefficient (Wildman–Crippen LogP) is 3.30. The van der Waals surface area contributed by atoms with Crippen molar-refractivity contribution in [3.05, 3.63) is 29.3 Å². The number of para-hydroxylation sites is 2. The molecule has 0 aliphatic heterocycles. The fourth-order valence-electron chi connectivity index (χ4n) is 3.49. The zero-order valence-corrected chi connectivity index (χ0v) is 15.0. The number of methoxy groups -OCH3 is 1. The molecular weight excluding hydrogens is 338 g/mol. The minimum atomic E-state index is 0.104. The van der Waals surface area contributed by atoms with Crippen LogP contribution in [0.3, 0.4) is 0 Å². The Bertz CT molecular complexity index is 772. The molecule has 1 spiro atoms. The smallest absolute Gasteiger partial charge is 0.229 e. The standard InChI is InChI=1S/C18H21N3O3S/c1-23-13-5-2-3-6-14(13)24-10-7-15-20-21-17(25-15)19-16(22)12-11-18(12)8-4-9-18/h2-3,5-6,12H,4,7-11H2,1H3,(H,19,21,22)/t12-/m0/s1. The second kappa shape index (κ2) is 6.63. The third kappa shape index (κ3) is 3.33. The molecule has 7 heteroatoms. The Morgan fingerprint density at radius 2 is 2.12 bits per heavy atom. The fourth-order valence-corrected chi connectivity index (χ4v) is 4.21. The topological polar surface area (TPSA) is 73.3 Å². The SMILES string of the molecule is COc1ccccc1OCCc1nnc(NC(=O)[C@@H]2CC23CCC3)s1. The molecule has 2 aromatic rings. The predicted molar refractivity (Wildman–Crippen MR) is 95.1 cm³/mol. The van der Waals surface area contributed by atoms with Crippen molar-refractivity contribution < 1.29 is 14.3 Å². The first-order valence-corrected chi connectivity index (χ1v) is 9.41. The van der Waals surface area contributed by atoms with Crippen LogP contribution in [0, 0.1) is 11.3 Å². The molecule has 4 rings (SSSR count). The van der Waals surface area contributed by atoms with Gasteiger partial charge in [-0.3, -0.25) is 4.79 Å². The summed E-state index contributed by atoms with van der Waals surface area (Å²) < 4.78 is 11.0. The van der Waals surface area contributed by atoms with E-state index >= 15 is 0 Å². The number of carbonyl (C=O) groups excluding carboxylic acids is 1. The number of aromatic nitrogens is 2. The minimum Gasteiger partial charge on any atom is -0.493 e. The summed E-state index contributed by atoms with van der Waals surface area (Å²) in [7, 11) is 1.62. The van der Waals surface area contributed by atoms with Gasteiger partial charge in [-0.25, -0.2) is 0 Å². The molecule has 1 N–H and O–H groups in total. The van der Waals surface area contributed by atoms with Crippen LogP contribution in [0.1, 0.15) is 30.7 Å². The molecule has 1 heterocycles. The highest BCUT2D eigenvalue weighted by molar-refractivity contribution is 7.15. The Hall–Kier alpha value is -2.15. The van der Waals surface area contributed by atoms with Gasteiger partial charge in [0.2, 0.25) is 11.0 Å². The van der Waals surface area contributed by atoms with E-state index in [9.17, 15) is 4.79 Å². The Morgan fingerprint density at radius 3 is 2.80 bits per heavy atom. The lowest BCUT2D eigenvalue weighted by atomic mass is 9.80. The number of nitrogens with one attached hydrogen (secondary N) is 1. The van der Waals surface area contributed by atoms with Crippen molar-refractivity contribution in [3.63, 3.8) is 0 Å². The summed E-state index contributed by atoms with van der Waals surface area (Å²) in [6.07, 6.45) is 5.34. The van der Waals surface area contributed by atoms with Gasteiger partial charge in [0.1, 0.15) is 5.01 Å². The van der Waals surface area contributed by atoms with Crippen molar-refractivity contribution >= 4 is 22.4 Å². The van der Waals surface area contributed by atoms with Crippen molar-refractivity contribution in [1.29, 1.82) is 0 Å². The third-order valence-electron chi connectivity index (χ3n) is 5.20. The van der Waals surface area contributed by atoms with Gasteiger partial charge in [0.15, 0.2) is 11.5 Å². The van der Waals surface area contributed by atoms with Crippen LogP contribution in [0.2, 0.25) is 0 Å². The summed E-state index contributed by atoms with van der Waals surface area (Å²) in [5.74, 6) is 1.71. The van der Waals surface area contributed by atoms with Gasteiger partial charge in [-0.05, 0) is 36.8 Å². The second-order valence-electron chi connectivity index (χ2n) is 6.71. The number of anilines is 1. The van der Waals surface area contributed by atoms with Crippen molar-refractivity contribution in [2.24, 2.45) is 11.3 Å². The molecular formula is C18H21N3O3S. The average molecular weight is 359 g/mol. The Balaban J connectivity index is 1.26. The van der Waals surface area contributed by atoms with E-state index in [1.165, 1.54) is 30.6 Å². The van der Waals surface area contributed by atoms with Crippen LogP contribution >= 0.6 is 11.3 Å². The van der Waals surface area contributed by atoms with Crippen LogP contribution in [0.4, 0.5) is 5.13 Å². The molecule has 0 radical (unpaired) electrons. The molecule has 2 aliphatic rings. The van der Waals surface area contributed by atoms with E-state index in [2.05, 4.69) is 15.5 Å². The summed E-state index contributed by atoms with van der Waals surface area (Å²) in [5, 5.41) is 12.6. The molecule has 132 valence electrons. The largest absolute Gasteiger partial charge is 0.493 e. The normalized spacial score (nSPS) is 20.0. The number of amides is 1. The molecule has 2 saturated carbocycles. The van der Waals surface area contributed by atoms with Gasteiger partial charge in [0.25, 0.3) is 0 Å². The monoisotopic (exact) mass is 359 g/mol. The van der Waals surface area contributed by atoms with Gasteiger partial charge in [0, 0.05) is 12.3 Å². The number of ether oxygens (including phenoxy) is 2. The number of rotatable bonds is 7. The van der Waals surface area contributed by atoms with Crippen molar-refractivity contribution in [3.8, 4) is 11.5 Å². The number of benzene rings is 1. The highest BCUT2D eigenvalue weighted by atomic mass is 32.1. The van der Waals surface area contributed by atoms with Crippen molar-refractivity contribution in [1.82, 2.24) is 10.2 Å². The summed E-state index contributed by atoms with van der Waals surface area (Å²) in [6, 6.07) is 7.54. The number of hydrogen-bond donors (Lipinski definition) is 1. The molecule has 0 unspecified atom stereocenters. The first-order valence-electron chi connectivity index (χ1n) is 8.59. The summed E-state index contributed by atoms with van der Waals surface area (Å²) in [4.78, 5) is 12.3. The van der Waals surface area contributed by atoms with Crippen LogP contribution in [0.15, 0.2) is 24.3 Å². The van der Waals surface area contributed by atoms with Gasteiger partial charge in [-0.2, -0.15) is 0 Å². The Labute approximate surface area is 150 Å². The van der Waals surface area contributed by atoms with Crippen LogP contribution in [0.25, 0.3) is 0 Å². The van der Waals surface area contributed by atoms with E-state index < -0.39 is 0 Å². The average Bonchev–Trinajstić information content (AvgIpc) is 3.24. The van der Waals surface area contributed by atoms with Crippen LogP contribution < -0.4 is 14.8 Å². The maximum atomic E-state index is 12.3. The van der Waals surface area contributed by atoms with Gasteiger partial charge < -0.3 is 14.8 Å². The lowest BCUT2D eigenvalue weighted by Gasteiger charge is -2.26. The molecule has 0 saturated heterocycles. The Kier molecular flexibility index (Phi) is 4.33. The lowest BCUT2D eigenvalue weighted by molar-refractivity contribution is -0.118. The molecule has 25 heavy (non-hydrogen) atoms. The summed E-state index contributed by atoms with van der Waals surface area (Å²) in [5.41, 5.74) is 0.334. The van der Waals surface area contributed by atoms with E-state index in [0.717, 1.165) is 11.4 Å². The molecule has 2 fully saturated rings. The van der Waals surface area contributed by atoms with E-state index in [4.69, 9.17) is 9.47 Å². The summed E-state index contributed by atoms with van der Waals surface area (Å²) in [6.45, 7) is 0.481. The highest BCUT2D eigenvalue weighted by Gasteiger charge is 2.60. The number of carbonyl (C=O) groups is 1. The molecule has 1 aromatic heterocycles. The van der Waals surface area contributed by atoms with Crippen molar-refractivity contribution in [2.75, 3.05) is 19.0 Å². The quantitative estimate of drug-likeness (QED) is 0.821. The first kappa shape index (κ1) is 16.3. The minimum absolute atomic E-state index is 0.104. The van der Waals surface area contributed by atoms with Crippen LogP contribution in [-0.2, 0) is 11.2 Å². The van der Waals surface area contributed by atoms with Crippen molar-refractivity contribution in [2.45, 2.75) is 32.1 Å². The molecule has 2 aliphatic carbocycles. The first-order chi connectivity index (χ1) is 12.2. The fraction of sp³-hybridized carbons (Fsp3) is 0.500. The van der Waals surface area contributed by atoms with Gasteiger partial charge in [-0.15, -0.1) is 10.2 Å². The molecule has 1 atom stereocenters. The molecule has 1 aromatic carbocycles. The highest BCUT2D eigenvalue weighted by Crippen LogP contribution is 2.65. The van der Waals surface area contributed by atoms with Crippen LogP contribution in [0.5, 0.6) is 11.5 Å². The maximum Gasteiger partial charge on any atom is 0.229 e. The molecule has 0 bridgehead atoms. The zero-order valence-electron chi connectivity index (χ0n) is 14.2. The zero-order chi connectivity index (χ0) is 17.3. The maximum absolute atomic E-state index is 12.3.